The van der Waals surface area contributed by atoms with Gasteiger partial charge in [-0.25, -0.2) is 4.98 Å². The van der Waals surface area contributed by atoms with Crippen molar-refractivity contribution in [1.29, 1.82) is 0 Å². The van der Waals surface area contributed by atoms with Crippen molar-refractivity contribution in [3.63, 3.8) is 0 Å². The number of ether oxygens (including phenoxy) is 1. The van der Waals surface area contributed by atoms with E-state index in [-0.39, 0.29) is 6.10 Å². The number of halogens is 1. The minimum absolute atomic E-state index is 0.285. The molecule has 2 aromatic rings. The lowest BCUT2D eigenvalue weighted by Crippen LogP contribution is -2.18. The Morgan fingerprint density at radius 1 is 1.47 bits per heavy atom. The van der Waals surface area contributed by atoms with Gasteiger partial charge in [0.2, 0.25) is 0 Å². The number of hydrogen-bond donors (Lipinski definition) is 1. The molecule has 5 heteroatoms. The van der Waals surface area contributed by atoms with Crippen LogP contribution in [0.2, 0.25) is 5.02 Å². The van der Waals surface area contributed by atoms with Crippen LogP contribution in [0, 0.1) is 0 Å². The zero-order valence-electron chi connectivity index (χ0n) is 10.8. The highest BCUT2D eigenvalue weighted by Gasteiger charge is 2.19. The van der Waals surface area contributed by atoms with Crippen LogP contribution in [0.4, 0.5) is 0 Å². The van der Waals surface area contributed by atoms with Crippen LogP contribution in [-0.2, 0) is 17.7 Å². The third-order valence-corrected chi connectivity index (χ3v) is 3.80. The summed E-state index contributed by atoms with van der Waals surface area (Å²) in [7, 11) is 0. The Hall–Kier alpha value is -1.10. The van der Waals surface area contributed by atoms with Crippen LogP contribution in [-0.4, -0.2) is 28.8 Å². The van der Waals surface area contributed by atoms with Crippen LogP contribution >= 0.6 is 11.6 Å². The van der Waals surface area contributed by atoms with Crippen molar-refractivity contribution < 1.29 is 4.74 Å². The van der Waals surface area contributed by atoms with E-state index in [2.05, 4.69) is 9.55 Å². The Kier molecular flexibility index (Phi) is 3.73. The van der Waals surface area contributed by atoms with Gasteiger partial charge >= 0.3 is 0 Å². The minimum Gasteiger partial charge on any atom is -0.376 e. The summed E-state index contributed by atoms with van der Waals surface area (Å²) in [6.45, 7) is 2.30. The maximum absolute atomic E-state index is 6.10. The molecule has 19 heavy (non-hydrogen) atoms. The van der Waals surface area contributed by atoms with Crippen molar-refractivity contribution in [1.82, 2.24) is 9.55 Å². The summed E-state index contributed by atoms with van der Waals surface area (Å²) in [4.78, 5) is 4.65. The molecule has 0 saturated carbocycles. The summed E-state index contributed by atoms with van der Waals surface area (Å²) in [5, 5.41) is 0.736. The first-order valence-electron chi connectivity index (χ1n) is 6.74. The first-order valence-corrected chi connectivity index (χ1v) is 7.12. The Morgan fingerprint density at radius 2 is 2.37 bits per heavy atom. The SMILES string of the molecule is NCCc1nc2ccc(Cl)cc2n1CC1CCCO1. The molecule has 1 atom stereocenters. The number of aromatic nitrogens is 2. The van der Waals surface area contributed by atoms with E-state index in [0.717, 1.165) is 54.3 Å². The van der Waals surface area contributed by atoms with E-state index in [1.807, 2.05) is 18.2 Å². The highest BCUT2D eigenvalue weighted by Crippen LogP contribution is 2.23. The molecule has 1 fully saturated rings. The standard InChI is InChI=1S/C14H18ClN3O/c15-10-3-4-12-13(8-10)18(14(17-12)5-6-16)9-11-2-1-7-19-11/h3-4,8,11H,1-2,5-7,9,16H2. The Morgan fingerprint density at radius 3 is 3.11 bits per heavy atom. The van der Waals surface area contributed by atoms with Crippen molar-refractivity contribution in [2.75, 3.05) is 13.2 Å². The fourth-order valence-corrected chi connectivity index (χ4v) is 2.83. The van der Waals surface area contributed by atoms with Crippen LogP contribution in [0.25, 0.3) is 11.0 Å². The molecule has 0 spiro atoms. The van der Waals surface area contributed by atoms with Crippen molar-refractivity contribution in [3.8, 4) is 0 Å². The molecule has 1 unspecified atom stereocenters. The van der Waals surface area contributed by atoms with Gasteiger partial charge in [-0.15, -0.1) is 0 Å². The van der Waals surface area contributed by atoms with Gasteiger partial charge in [-0.1, -0.05) is 11.6 Å². The first kappa shape index (κ1) is 12.9. The van der Waals surface area contributed by atoms with Gasteiger partial charge in [0.25, 0.3) is 0 Å². The molecule has 1 saturated heterocycles. The van der Waals surface area contributed by atoms with E-state index >= 15 is 0 Å². The van der Waals surface area contributed by atoms with Crippen LogP contribution in [0.5, 0.6) is 0 Å². The van der Waals surface area contributed by atoms with Crippen molar-refractivity contribution in [2.24, 2.45) is 5.73 Å². The molecule has 1 aliphatic heterocycles. The average Bonchev–Trinajstić information content (AvgIpc) is 3.00. The van der Waals surface area contributed by atoms with Gasteiger partial charge in [-0.05, 0) is 37.6 Å². The van der Waals surface area contributed by atoms with Crippen LogP contribution in [0.3, 0.4) is 0 Å². The molecular weight excluding hydrogens is 262 g/mol. The predicted octanol–water partition coefficient (Wildman–Crippen LogP) is 2.37. The molecule has 3 rings (SSSR count). The average molecular weight is 280 g/mol. The van der Waals surface area contributed by atoms with E-state index in [4.69, 9.17) is 22.1 Å². The van der Waals surface area contributed by atoms with Crippen molar-refractivity contribution in [3.05, 3.63) is 29.0 Å². The zero-order valence-corrected chi connectivity index (χ0v) is 11.6. The smallest absolute Gasteiger partial charge is 0.111 e. The van der Waals surface area contributed by atoms with Gasteiger partial charge in [-0.2, -0.15) is 0 Å². The Labute approximate surface area is 117 Å². The zero-order chi connectivity index (χ0) is 13.2. The van der Waals surface area contributed by atoms with Gasteiger partial charge in [0.1, 0.15) is 5.82 Å². The molecule has 1 aliphatic rings. The lowest BCUT2D eigenvalue weighted by atomic mass is 10.2. The second-order valence-electron chi connectivity index (χ2n) is 4.95. The summed E-state index contributed by atoms with van der Waals surface area (Å²) >= 11 is 6.10. The third-order valence-electron chi connectivity index (χ3n) is 3.57. The summed E-state index contributed by atoms with van der Waals surface area (Å²) in [6.07, 6.45) is 3.32. The minimum atomic E-state index is 0.285. The van der Waals surface area contributed by atoms with E-state index < -0.39 is 0 Å². The lowest BCUT2D eigenvalue weighted by Gasteiger charge is -2.14. The number of nitrogens with zero attached hydrogens (tertiary/aromatic N) is 2. The quantitative estimate of drug-likeness (QED) is 0.935. The van der Waals surface area contributed by atoms with Crippen molar-refractivity contribution >= 4 is 22.6 Å². The molecule has 1 aromatic heterocycles. The van der Waals surface area contributed by atoms with Gasteiger partial charge in [0, 0.05) is 18.1 Å². The fourth-order valence-electron chi connectivity index (χ4n) is 2.66. The second-order valence-corrected chi connectivity index (χ2v) is 5.38. The summed E-state index contributed by atoms with van der Waals surface area (Å²) in [5.41, 5.74) is 7.73. The number of rotatable bonds is 4. The van der Waals surface area contributed by atoms with E-state index in [1.165, 1.54) is 0 Å². The van der Waals surface area contributed by atoms with E-state index in [0.29, 0.717) is 6.54 Å². The van der Waals surface area contributed by atoms with Gasteiger partial charge < -0.3 is 15.0 Å². The molecule has 2 heterocycles. The van der Waals surface area contributed by atoms with Gasteiger partial charge in [-0.3, -0.25) is 0 Å². The molecule has 102 valence electrons. The lowest BCUT2D eigenvalue weighted by molar-refractivity contribution is 0.0972. The molecule has 2 N–H and O–H groups in total. The molecular formula is C14H18ClN3O. The normalized spacial score (nSPS) is 19.4. The number of fused-ring (bicyclic) bond motifs is 1. The van der Waals surface area contributed by atoms with E-state index in [9.17, 15) is 0 Å². The topological polar surface area (TPSA) is 53.1 Å². The molecule has 1 aromatic carbocycles. The number of hydrogen-bond acceptors (Lipinski definition) is 3. The van der Waals surface area contributed by atoms with Crippen LogP contribution in [0.15, 0.2) is 18.2 Å². The maximum atomic E-state index is 6.10. The van der Waals surface area contributed by atoms with Gasteiger partial charge in [0.15, 0.2) is 0 Å². The Bertz CT molecular complexity index is 575. The molecule has 0 radical (unpaired) electrons. The molecule has 4 nitrogen and oxygen atoms in total. The van der Waals surface area contributed by atoms with Crippen molar-refractivity contribution in [2.45, 2.75) is 31.9 Å². The second kappa shape index (κ2) is 5.49. The summed E-state index contributed by atoms with van der Waals surface area (Å²) in [6, 6.07) is 5.81. The molecule has 0 bridgehead atoms. The largest absolute Gasteiger partial charge is 0.376 e. The number of imidazole rings is 1. The first-order chi connectivity index (χ1) is 9.28. The third kappa shape index (κ3) is 2.61. The number of benzene rings is 1. The maximum Gasteiger partial charge on any atom is 0.111 e. The summed E-state index contributed by atoms with van der Waals surface area (Å²) < 4.78 is 7.94. The highest BCUT2D eigenvalue weighted by atomic mass is 35.5. The predicted molar refractivity (Wildman–Crippen MR) is 76.5 cm³/mol. The monoisotopic (exact) mass is 279 g/mol. The van der Waals surface area contributed by atoms with E-state index in [1.54, 1.807) is 0 Å². The van der Waals surface area contributed by atoms with Gasteiger partial charge in [0.05, 0.1) is 23.7 Å². The molecule has 0 amide bonds. The molecule has 0 aliphatic carbocycles. The fraction of sp³-hybridized carbons (Fsp3) is 0.500. The van der Waals surface area contributed by atoms with Crippen LogP contribution in [0.1, 0.15) is 18.7 Å². The van der Waals surface area contributed by atoms with Crippen LogP contribution < -0.4 is 5.73 Å². The number of nitrogens with two attached hydrogens (primary N) is 1. The highest BCUT2D eigenvalue weighted by molar-refractivity contribution is 6.31. The Balaban J connectivity index is 2.01. The summed E-state index contributed by atoms with van der Waals surface area (Å²) in [5.74, 6) is 1.02.